The van der Waals surface area contributed by atoms with E-state index in [-0.39, 0.29) is 11.7 Å². The molecule has 1 heterocycles. The van der Waals surface area contributed by atoms with Crippen molar-refractivity contribution in [3.05, 3.63) is 28.2 Å². The number of phenols is 1. The maximum absolute atomic E-state index is 12.7. The van der Waals surface area contributed by atoms with Gasteiger partial charge in [-0.1, -0.05) is 15.9 Å². The molecule has 1 atom stereocenters. The minimum Gasteiger partial charge on any atom is -0.507 e. The SMILES string of the molecule is O=C(c1ccc(Br)cc1O)N(C[C@H]1CCOC1)C1CC1. The summed E-state index contributed by atoms with van der Waals surface area (Å²) in [4.78, 5) is 14.6. The van der Waals surface area contributed by atoms with E-state index in [0.717, 1.165) is 43.5 Å². The summed E-state index contributed by atoms with van der Waals surface area (Å²) in [5.74, 6) is 0.402. The van der Waals surface area contributed by atoms with Gasteiger partial charge in [0.15, 0.2) is 0 Å². The number of hydrogen-bond donors (Lipinski definition) is 1. The number of benzene rings is 1. The van der Waals surface area contributed by atoms with Gasteiger partial charge in [-0.15, -0.1) is 0 Å². The highest BCUT2D eigenvalue weighted by atomic mass is 79.9. The van der Waals surface area contributed by atoms with Crippen LogP contribution in [0.25, 0.3) is 0 Å². The molecule has 2 fully saturated rings. The first kappa shape index (κ1) is 13.9. The summed E-state index contributed by atoms with van der Waals surface area (Å²) in [6.45, 7) is 2.27. The molecular weight excluding hydrogens is 322 g/mol. The second kappa shape index (κ2) is 5.74. The first-order valence-electron chi connectivity index (χ1n) is 7.02. The molecular formula is C15H18BrNO3. The first-order chi connectivity index (χ1) is 9.65. The van der Waals surface area contributed by atoms with Gasteiger partial charge in [0, 0.05) is 29.6 Å². The Morgan fingerprint density at radius 3 is 2.80 bits per heavy atom. The lowest BCUT2D eigenvalue weighted by atomic mass is 10.1. The maximum atomic E-state index is 12.7. The molecule has 4 nitrogen and oxygen atoms in total. The van der Waals surface area contributed by atoms with Crippen LogP contribution in [0.5, 0.6) is 5.75 Å². The van der Waals surface area contributed by atoms with Gasteiger partial charge in [0.05, 0.1) is 12.2 Å². The summed E-state index contributed by atoms with van der Waals surface area (Å²) in [6, 6.07) is 5.38. The van der Waals surface area contributed by atoms with Gasteiger partial charge >= 0.3 is 0 Å². The van der Waals surface area contributed by atoms with E-state index in [1.807, 2.05) is 4.90 Å². The largest absolute Gasteiger partial charge is 0.507 e. The number of halogens is 1. The Bertz CT molecular complexity index is 510. The monoisotopic (exact) mass is 339 g/mol. The molecule has 1 saturated heterocycles. The third-order valence-electron chi connectivity index (χ3n) is 3.92. The van der Waals surface area contributed by atoms with Crippen molar-refractivity contribution in [1.82, 2.24) is 4.90 Å². The second-order valence-corrected chi connectivity index (χ2v) is 6.50. The number of aromatic hydroxyl groups is 1. The molecule has 0 bridgehead atoms. The Hall–Kier alpha value is -1.07. The van der Waals surface area contributed by atoms with Gasteiger partial charge in [0.25, 0.3) is 5.91 Å². The Morgan fingerprint density at radius 2 is 2.20 bits per heavy atom. The molecule has 2 aliphatic rings. The Balaban J connectivity index is 1.77. The van der Waals surface area contributed by atoms with Crippen molar-refractivity contribution in [2.45, 2.75) is 25.3 Å². The molecule has 1 saturated carbocycles. The zero-order valence-corrected chi connectivity index (χ0v) is 12.8. The fraction of sp³-hybridized carbons (Fsp3) is 0.533. The molecule has 1 aromatic carbocycles. The van der Waals surface area contributed by atoms with Gasteiger partial charge in [-0.2, -0.15) is 0 Å². The van der Waals surface area contributed by atoms with E-state index < -0.39 is 0 Å². The van der Waals surface area contributed by atoms with Crippen LogP contribution in [0, 0.1) is 5.92 Å². The van der Waals surface area contributed by atoms with E-state index in [2.05, 4.69) is 15.9 Å². The molecule has 20 heavy (non-hydrogen) atoms. The van der Waals surface area contributed by atoms with Crippen molar-refractivity contribution in [3.63, 3.8) is 0 Å². The molecule has 5 heteroatoms. The fourth-order valence-electron chi connectivity index (χ4n) is 2.63. The number of amides is 1. The lowest BCUT2D eigenvalue weighted by Gasteiger charge is -2.25. The van der Waals surface area contributed by atoms with Crippen molar-refractivity contribution in [2.75, 3.05) is 19.8 Å². The van der Waals surface area contributed by atoms with Crippen molar-refractivity contribution in [3.8, 4) is 5.75 Å². The summed E-state index contributed by atoms with van der Waals surface area (Å²) in [7, 11) is 0. The van der Waals surface area contributed by atoms with Crippen molar-refractivity contribution < 1.29 is 14.6 Å². The first-order valence-corrected chi connectivity index (χ1v) is 7.81. The Morgan fingerprint density at radius 1 is 1.40 bits per heavy atom. The highest BCUT2D eigenvalue weighted by molar-refractivity contribution is 9.10. The molecule has 1 aromatic rings. The summed E-state index contributed by atoms with van der Waals surface area (Å²) >= 11 is 3.29. The molecule has 108 valence electrons. The molecule has 1 amide bonds. The van der Waals surface area contributed by atoms with E-state index >= 15 is 0 Å². The molecule has 0 spiro atoms. The number of rotatable bonds is 4. The molecule has 0 unspecified atom stereocenters. The van der Waals surface area contributed by atoms with Crippen LogP contribution in [0.2, 0.25) is 0 Å². The van der Waals surface area contributed by atoms with Gasteiger partial charge in [-0.25, -0.2) is 0 Å². The van der Waals surface area contributed by atoms with Gasteiger partial charge in [0.1, 0.15) is 5.75 Å². The lowest BCUT2D eigenvalue weighted by Crippen LogP contribution is -2.37. The molecule has 1 aliphatic heterocycles. The van der Waals surface area contributed by atoms with Gasteiger partial charge < -0.3 is 14.7 Å². The summed E-state index contributed by atoms with van der Waals surface area (Å²) in [5, 5.41) is 9.97. The zero-order valence-electron chi connectivity index (χ0n) is 11.2. The van der Waals surface area contributed by atoms with Crippen LogP contribution in [0.4, 0.5) is 0 Å². The average molecular weight is 340 g/mol. The highest BCUT2D eigenvalue weighted by Crippen LogP contribution is 2.32. The number of carbonyl (C=O) groups excluding carboxylic acids is 1. The van der Waals surface area contributed by atoms with Crippen LogP contribution < -0.4 is 0 Å². The summed E-state index contributed by atoms with van der Waals surface area (Å²) < 4.78 is 6.16. The Labute approximate surface area is 126 Å². The predicted molar refractivity (Wildman–Crippen MR) is 78.8 cm³/mol. The summed E-state index contributed by atoms with van der Waals surface area (Å²) in [6.07, 6.45) is 3.15. The van der Waals surface area contributed by atoms with Crippen molar-refractivity contribution in [2.24, 2.45) is 5.92 Å². The smallest absolute Gasteiger partial charge is 0.257 e. The van der Waals surface area contributed by atoms with Crippen LogP contribution in [0.1, 0.15) is 29.6 Å². The van der Waals surface area contributed by atoms with E-state index in [1.165, 1.54) is 0 Å². The number of nitrogens with zero attached hydrogens (tertiary/aromatic N) is 1. The molecule has 3 rings (SSSR count). The fourth-order valence-corrected chi connectivity index (χ4v) is 2.98. The van der Waals surface area contributed by atoms with Crippen LogP contribution in [-0.4, -0.2) is 41.7 Å². The molecule has 0 aromatic heterocycles. The van der Waals surface area contributed by atoms with Crippen LogP contribution in [0.3, 0.4) is 0 Å². The highest BCUT2D eigenvalue weighted by Gasteiger charge is 2.35. The van der Waals surface area contributed by atoms with Gasteiger partial charge in [-0.3, -0.25) is 4.79 Å². The quantitative estimate of drug-likeness (QED) is 0.917. The zero-order chi connectivity index (χ0) is 14.1. The van der Waals surface area contributed by atoms with E-state index in [0.29, 0.717) is 17.5 Å². The van der Waals surface area contributed by atoms with Gasteiger partial charge in [-0.05, 0) is 37.5 Å². The van der Waals surface area contributed by atoms with Crippen LogP contribution in [-0.2, 0) is 4.74 Å². The third kappa shape index (κ3) is 2.99. The van der Waals surface area contributed by atoms with Crippen LogP contribution in [0.15, 0.2) is 22.7 Å². The van der Waals surface area contributed by atoms with Gasteiger partial charge in [0.2, 0.25) is 0 Å². The minimum absolute atomic E-state index is 0.0395. The lowest BCUT2D eigenvalue weighted by molar-refractivity contribution is 0.0703. The average Bonchev–Trinajstić information content (AvgIpc) is 3.12. The minimum atomic E-state index is -0.0654. The van der Waals surface area contributed by atoms with E-state index in [9.17, 15) is 9.90 Å². The number of ether oxygens (including phenoxy) is 1. The number of hydrogen-bond acceptors (Lipinski definition) is 3. The van der Waals surface area contributed by atoms with E-state index in [4.69, 9.17) is 4.74 Å². The topological polar surface area (TPSA) is 49.8 Å². The maximum Gasteiger partial charge on any atom is 0.257 e. The molecule has 1 N–H and O–H groups in total. The second-order valence-electron chi connectivity index (χ2n) is 5.58. The van der Waals surface area contributed by atoms with Crippen molar-refractivity contribution >= 4 is 21.8 Å². The number of phenolic OH excluding ortho intramolecular Hbond substituents is 1. The number of carbonyl (C=O) groups is 1. The Kier molecular flexibility index (Phi) is 3.98. The summed E-state index contributed by atoms with van der Waals surface area (Å²) in [5.41, 5.74) is 0.388. The predicted octanol–water partition coefficient (Wildman–Crippen LogP) is 2.80. The van der Waals surface area contributed by atoms with Crippen LogP contribution >= 0.6 is 15.9 Å². The van der Waals surface area contributed by atoms with E-state index in [1.54, 1.807) is 18.2 Å². The molecule has 0 radical (unpaired) electrons. The van der Waals surface area contributed by atoms with Crippen molar-refractivity contribution in [1.29, 1.82) is 0 Å². The molecule has 1 aliphatic carbocycles. The third-order valence-corrected chi connectivity index (χ3v) is 4.41. The standard InChI is InChI=1S/C15H18BrNO3/c16-11-1-4-13(14(18)7-11)15(19)17(12-2-3-12)8-10-5-6-20-9-10/h1,4,7,10,12,18H,2-3,5-6,8-9H2/t10-/m1/s1. The normalized spacial score (nSPS) is 21.9.